The highest BCUT2D eigenvalue weighted by Gasteiger charge is 2.28. The van der Waals surface area contributed by atoms with Gasteiger partial charge in [0, 0.05) is 13.1 Å². The van der Waals surface area contributed by atoms with E-state index in [0.29, 0.717) is 0 Å². The van der Waals surface area contributed by atoms with E-state index < -0.39 is 5.97 Å². The number of rotatable bonds is 4. The minimum atomic E-state index is -1.16. The molecule has 2 rings (SSSR count). The summed E-state index contributed by atoms with van der Waals surface area (Å²) in [6.07, 6.45) is 5.51. The Morgan fingerprint density at radius 1 is 1.25 bits per heavy atom. The summed E-state index contributed by atoms with van der Waals surface area (Å²) in [6.45, 7) is 2.20. The summed E-state index contributed by atoms with van der Waals surface area (Å²) in [4.78, 5) is 24.7. The Morgan fingerprint density at radius 2 is 1.85 bits per heavy atom. The summed E-state index contributed by atoms with van der Waals surface area (Å²) in [6, 6.07) is 2.97. The van der Waals surface area contributed by atoms with E-state index in [0.717, 1.165) is 31.6 Å². The Morgan fingerprint density at radius 3 is 2.35 bits per heavy atom. The van der Waals surface area contributed by atoms with Gasteiger partial charge in [0.1, 0.15) is 0 Å². The van der Waals surface area contributed by atoms with Gasteiger partial charge >= 0.3 is 5.97 Å². The number of carbonyl (C=O) groups is 2. The van der Waals surface area contributed by atoms with E-state index in [-0.39, 0.29) is 23.5 Å². The number of aromatic carboxylic acids is 1. The molecule has 1 aliphatic rings. The van der Waals surface area contributed by atoms with Crippen LogP contribution in [0.2, 0.25) is 0 Å². The number of hydrogen-bond donors (Lipinski definition) is 1. The molecule has 110 valence electrons. The molecule has 1 heterocycles. The molecule has 1 saturated carbocycles. The third kappa shape index (κ3) is 3.03. The van der Waals surface area contributed by atoms with E-state index in [4.69, 9.17) is 9.52 Å². The minimum absolute atomic E-state index is 0.0996. The first-order chi connectivity index (χ1) is 9.52. The first-order valence-corrected chi connectivity index (χ1v) is 7.13. The molecular formula is C15H21NO4. The van der Waals surface area contributed by atoms with Crippen molar-refractivity contribution in [2.75, 3.05) is 7.05 Å². The van der Waals surface area contributed by atoms with E-state index in [1.54, 1.807) is 11.9 Å². The lowest BCUT2D eigenvalue weighted by molar-refractivity contribution is 0.0620. The second kappa shape index (κ2) is 6.11. The van der Waals surface area contributed by atoms with Gasteiger partial charge in [0.05, 0.1) is 0 Å². The van der Waals surface area contributed by atoms with Gasteiger partial charge < -0.3 is 14.4 Å². The SMILES string of the molecule is CCC1CCC(N(C)C(=O)c2ccc(C(=O)O)o2)CC1. The molecule has 0 saturated heterocycles. The molecule has 1 amide bonds. The van der Waals surface area contributed by atoms with E-state index in [9.17, 15) is 9.59 Å². The zero-order chi connectivity index (χ0) is 14.7. The Bertz CT molecular complexity index is 486. The zero-order valence-electron chi connectivity index (χ0n) is 12.0. The number of furan rings is 1. The van der Waals surface area contributed by atoms with Crippen molar-refractivity contribution in [2.45, 2.75) is 45.1 Å². The molecule has 0 radical (unpaired) electrons. The maximum atomic E-state index is 12.3. The highest BCUT2D eigenvalue weighted by atomic mass is 16.4. The van der Waals surface area contributed by atoms with E-state index >= 15 is 0 Å². The number of nitrogens with zero attached hydrogens (tertiary/aromatic N) is 1. The summed E-state index contributed by atoms with van der Waals surface area (Å²) in [7, 11) is 1.77. The average molecular weight is 279 g/mol. The van der Waals surface area contributed by atoms with Crippen molar-refractivity contribution < 1.29 is 19.1 Å². The standard InChI is InChI=1S/C15H21NO4/c1-3-10-4-6-11(7-5-10)16(2)14(17)12-8-9-13(20-12)15(18)19/h8-11H,3-7H2,1-2H3,(H,18,19). The molecular weight excluding hydrogens is 258 g/mol. The van der Waals surface area contributed by atoms with Crippen LogP contribution < -0.4 is 0 Å². The van der Waals surface area contributed by atoms with Gasteiger partial charge in [-0.3, -0.25) is 4.79 Å². The van der Waals surface area contributed by atoms with Gasteiger partial charge in [0.15, 0.2) is 5.76 Å². The number of carboxylic acids is 1. The van der Waals surface area contributed by atoms with Crippen molar-refractivity contribution in [1.29, 1.82) is 0 Å². The Kier molecular flexibility index (Phi) is 4.47. The van der Waals surface area contributed by atoms with E-state index in [1.807, 2.05) is 0 Å². The average Bonchev–Trinajstić information content (AvgIpc) is 2.96. The quantitative estimate of drug-likeness (QED) is 0.919. The van der Waals surface area contributed by atoms with Crippen LogP contribution in [0.3, 0.4) is 0 Å². The highest BCUT2D eigenvalue weighted by molar-refractivity contribution is 5.93. The fourth-order valence-corrected chi connectivity index (χ4v) is 2.85. The van der Waals surface area contributed by atoms with E-state index in [2.05, 4.69) is 6.92 Å². The summed E-state index contributed by atoms with van der Waals surface area (Å²) < 4.78 is 5.07. The van der Waals surface area contributed by atoms with Crippen LogP contribution >= 0.6 is 0 Å². The number of amides is 1. The van der Waals surface area contributed by atoms with Crippen LogP contribution in [0.1, 0.15) is 60.1 Å². The molecule has 0 unspecified atom stereocenters. The molecule has 0 aromatic carbocycles. The van der Waals surface area contributed by atoms with Gasteiger partial charge in [-0.2, -0.15) is 0 Å². The van der Waals surface area contributed by atoms with Crippen molar-refractivity contribution in [3.63, 3.8) is 0 Å². The predicted molar refractivity (Wildman–Crippen MR) is 73.8 cm³/mol. The maximum absolute atomic E-state index is 12.3. The van der Waals surface area contributed by atoms with Crippen LogP contribution in [0.25, 0.3) is 0 Å². The maximum Gasteiger partial charge on any atom is 0.371 e. The van der Waals surface area contributed by atoms with Gasteiger partial charge in [-0.05, 0) is 43.7 Å². The van der Waals surface area contributed by atoms with Gasteiger partial charge in [0.2, 0.25) is 5.76 Å². The predicted octanol–water partition coefficient (Wildman–Crippen LogP) is 3.02. The van der Waals surface area contributed by atoms with Crippen molar-refractivity contribution in [3.05, 3.63) is 23.7 Å². The van der Waals surface area contributed by atoms with Crippen molar-refractivity contribution in [1.82, 2.24) is 4.90 Å². The Hall–Kier alpha value is -1.78. The fraction of sp³-hybridized carbons (Fsp3) is 0.600. The lowest BCUT2D eigenvalue weighted by Crippen LogP contribution is -2.39. The summed E-state index contributed by atoms with van der Waals surface area (Å²) in [5.74, 6) is -0.719. The molecule has 1 aromatic rings. The molecule has 1 aromatic heterocycles. The largest absolute Gasteiger partial charge is 0.475 e. The van der Waals surface area contributed by atoms with Crippen LogP contribution in [-0.4, -0.2) is 35.0 Å². The monoisotopic (exact) mass is 279 g/mol. The number of carboxylic acid groups (broad SMARTS) is 1. The summed E-state index contributed by atoms with van der Waals surface area (Å²) in [5, 5.41) is 8.80. The topological polar surface area (TPSA) is 70.8 Å². The summed E-state index contributed by atoms with van der Waals surface area (Å²) in [5.41, 5.74) is 0. The van der Waals surface area contributed by atoms with Crippen LogP contribution in [0.15, 0.2) is 16.5 Å². The van der Waals surface area contributed by atoms with Gasteiger partial charge in [-0.25, -0.2) is 4.79 Å². The van der Waals surface area contributed by atoms with Gasteiger partial charge in [0.25, 0.3) is 5.91 Å². The second-order valence-corrected chi connectivity index (χ2v) is 5.47. The molecule has 0 bridgehead atoms. The minimum Gasteiger partial charge on any atom is -0.475 e. The first-order valence-electron chi connectivity index (χ1n) is 7.13. The Balaban J connectivity index is 1.99. The molecule has 1 aliphatic carbocycles. The normalized spacial score (nSPS) is 22.5. The van der Waals surface area contributed by atoms with Crippen LogP contribution in [0.5, 0.6) is 0 Å². The number of carbonyl (C=O) groups excluding carboxylic acids is 1. The lowest BCUT2D eigenvalue weighted by Gasteiger charge is -2.34. The molecule has 1 fully saturated rings. The molecule has 5 nitrogen and oxygen atoms in total. The van der Waals surface area contributed by atoms with Gasteiger partial charge in [-0.1, -0.05) is 13.3 Å². The van der Waals surface area contributed by atoms with E-state index in [1.165, 1.54) is 18.6 Å². The molecule has 5 heteroatoms. The third-order valence-corrected chi connectivity index (χ3v) is 4.29. The highest BCUT2D eigenvalue weighted by Crippen LogP contribution is 2.29. The van der Waals surface area contributed by atoms with Crippen LogP contribution in [0.4, 0.5) is 0 Å². The molecule has 0 atom stereocenters. The third-order valence-electron chi connectivity index (χ3n) is 4.29. The van der Waals surface area contributed by atoms with Gasteiger partial charge in [-0.15, -0.1) is 0 Å². The second-order valence-electron chi connectivity index (χ2n) is 5.47. The molecule has 0 aliphatic heterocycles. The first kappa shape index (κ1) is 14.6. The number of hydrogen-bond acceptors (Lipinski definition) is 3. The smallest absolute Gasteiger partial charge is 0.371 e. The van der Waals surface area contributed by atoms with Crippen LogP contribution in [-0.2, 0) is 0 Å². The molecule has 0 spiro atoms. The Labute approximate surface area is 118 Å². The fourth-order valence-electron chi connectivity index (χ4n) is 2.85. The van der Waals surface area contributed by atoms with Crippen molar-refractivity contribution in [3.8, 4) is 0 Å². The molecule has 20 heavy (non-hydrogen) atoms. The summed E-state index contributed by atoms with van der Waals surface area (Å²) >= 11 is 0. The van der Waals surface area contributed by atoms with Crippen molar-refractivity contribution in [2.24, 2.45) is 5.92 Å². The van der Waals surface area contributed by atoms with Crippen LogP contribution in [0, 0.1) is 5.92 Å². The zero-order valence-corrected chi connectivity index (χ0v) is 12.0. The van der Waals surface area contributed by atoms with Crippen molar-refractivity contribution >= 4 is 11.9 Å². The lowest BCUT2D eigenvalue weighted by atomic mass is 9.84. The molecule has 1 N–H and O–H groups in total.